The van der Waals surface area contributed by atoms with Gasteiger partial charge in [0.25, 0.3) is 5.91 Å². The van der Waals surface area contributed by atoms with Crippen LogP contribution in [0.3, 0.4) is 0 Å². The fourth-order valence-corrected chi connectivity index (χ4v) is 2.47. The minimum atomic E-state index is -0.402. The number of likely N-dealkylation sites (N-methyl/N-ethyl adjacent to an activating group) is 1. The number of Topliss-reactive ketones (excluding diaryl/α,β-unsaturated/α-hetero) is 1. The summed E-state index contributed by atoms with van der Waals surface area (Å²) in [5, 5.41) is 10.0. The van der Waals surface area contributed by atoms with Crippen LogP contribution in [0, 0.1) is 5.92 Å². The quantitative estimate of drug-likeness (QED) is 0.574. The average molecular weight is 279 g/mol. The SMILES string of the molecule is CC=C1C(O)=C(C(=O)[C@H](C)CCCCCC)C(=O)N1C. The van der Waals surface area contributed by atoms with Crippen LogP contribution in [0.4, 0.5) is 0 Å². The van der Waals surface area contributed by atoms with E-state index in [1.807, 2.05) is 6.92 Å². The summed E-state index contributed by atoms with van der Waals surface area (Å²) in [4.78, 5) is 25.7. The van der Waals surface area contributed by atoms with Gasteiger partial charge in [0.15, 0.2) is 11.5 Å². The topological polar surface area (TPSA) is 57.6 Å². The predicted octanol–water partition coefficient (Wildman–Crippen LogP) is 3.35. The Hall–Kier alpha value is -1.58. The third-order valence-corrected chi connectivity index (χ3v) is 3.82. The van der Waals surface area contributed by atoms with E-state index in [4.69, 9.17) is 0 Å². The number of carbonyl (C=O) groups is 2. The number of rotatable bonds is 7. The highest BCUT2D eigenvalue weighted by molar-refractivity contribution is 6.23. The molecule has 1 rings (SSSR count). The maximum absolute atomic E-state index is 12.3. The van der Waals surface area contributed by atoms with Crippen molar-refractivity contribution >= 4 is 11.7 Å². The Morgan fingerprint density at radius 3 is 2.50 bits per heavy atom. The van der Waals surface area contributed by atoms with Gasteiger partial charge in [-0.2, -0.15) is 0 Å². The van der Waals surface area contributed by atoms with Gasteiger partial charge in [0, 0.05) is 13.0 Å². The number of nitrogens with zero attached hydrogens (tertiary/aromatic N) is 1. The highest BCUT2D eigenvalue weighted by atomic mass is 16.3. The second kappa shape index (κ2) is 7.27. The largest absolute Gasteiger partial charge is 0.505 e. The Labute approximate surface area is 121 Å². The van der Waals surface area contributed by atoms with Crippen LogP contribution in [0.2, 0.25) is 0 Å². The number of carbonyl (C=O) groups excluding carboxylic acids is 2. The van der Waals surface area contributed by atoms with E-state index in [0.29, 0.717) is 5.70 Å². The monoisotopic (exact) mass is 279 g/mol. The number of ketones is 1. The van der Waals surface area contributed by atoms with Crippen molar-refractivity contribution in [3.05, 3.63) is 23.1 Å². The minimum absolute atomic E-state index is 0.0522. The fraction of sp³-hybridized carbons (Fsp3) is 0.625. The van der Waals surface area contributed by atoms with Crippen LogP contribution in [-0.4, -0.2) is 28.7 Å². The van der Waals surface area contributed by atoms with E-state index in [-0.39, 0.29) is 23.0 Å². The third kappa shape index (κ3) is 3.30. The van der Waals surface area contributed by atoms with Gasteiger partial charge < -0.3 is 10.0 Å². The van der Waals surface area contributed by atoms with E-state index in [9.17, 15) is 14.7 Å². The van der Waals surface area contributed by atoms with E-state index >= 15 is 0 Å². The van der Waals surface area contributed by atoms with Gasteiger partial charge in [0.1, 0.15) is 5.57 Å². The van der Waals surface area contributed by atoms with Crippen LogP contribution < -0.4 is 0 Å². The van der Waals surface area contributed by atoms with Crippen LogP contribution >= 0.6 is 0 Å². The smallest absolute Gasteiger partial charge is 0.265 e. The highest BCUT2D eigenvalue weighted by Crippen LogP contribution is 2.29. The molecule has 0 unspecified atom stereocenters. The Balaban J connectivity index is 2.76. The van der Waals surface area contributed by atoms with Crippen LogP contribution in [0.15, 0.2) is 23.1 Å². The van der Waals surface area contributed by atoms with Crippen LogP contribution in [-0.2, 0) is 9.59 Å². The van der Waals surface area contributed by atoms with E-state index in [1.54, 1.807) is 20.0 Å². The zero-order chi connectivity index (χ0) is 15.3. The molecular weight excluding hydrogens is 254 g/mol. The van der Waals surface area contributed by atoms with Crippen molar-refractivity contribution in [1.82, 2.24) is 4.90 Å². The van der Waals surface area contributed by atoms with E-state index in [2.05, 4.69) is 6.92 Å². The lowest BCUT2D eigenvalue weighted by atomic mass is 9.93. The molecule has 0 radical (unpaired) electrons. The van der Waals surface area contributed by atoms with Gasteiger partial charge in [0.2, 0.25) is 0 Å². The first-order valence-corrected chi connectivity index (χ1v) is 7.37. The fourth-order valence-electron chi connectivity index (χ4n) is 2.47. The number of hydrogen-bond donors (Lipinski definition) is 1. The van der Waals surface area contributed by atoms with Gasteiger partial charge in [-0.3, -0.25) is 9.59 Å². The molecule has 1 atom stereocenters. The molecule has 20 heavy (non-hydrogen) atoms. The number of amides is 1. The molecule has 112 valence electrons. The summed E-state index contributed by atoms with van der Waals surface area (Å²) >= 11 is 0. The third-order valence-electron chi connectivity index (χ3n) is 3.82. The van der Waals surface area contributed by atoms with E-state index in [0.717, 1.165) is 25.7 Å². The molecule has 0 saturated carbocycles. The van der Waals surface area contributed by atoms with Gasteiger partial charge in [-0.05, 0) is 13.3 Å². The van der Waals surface area contributed by atoms with Gasteiger partial charge in [-0.1, -0.05) is 45.6 Å². The molecule has 0 bridgehead atoms. The van der Waals surface area contributed by atoms with Gasteiger partial charge in [-0.25, -0.2) is 0 Å². The molecule has 1 aliphatic heterocycles. The summed E-state index contributed by atoms with van der Waals surface area (Å²) < 4.78 is 0. The Morgan fingerprint density at radius 1 is 1.35 bits per heavy atom. The lowest BCUT2D eigenvalue weighted by Crippen LogP contribution is -2.25. The molecule has 0 aromatic heterocycles. The zero-order valence-electron chi connectivity index (χ0n) is 12.9. The standard InChI is InChI=1S/C16H25NO3/c1-5-7-8-9-10-11(3)14(18)13-15(19)12(6-2)17(4)16(13)20/h6,11,19H,5,7-10H2,1-4H3/t11-/m1/s1. The van der Waals surface area contributed by atoms with Crippen molar-refractivity contribution in [3.63, 3.8) is 0 Å². The van der Waals surface area contributed by atoms with Crippen LogP contribution in [0.25, 0.3) is 0 Å². The predicted molar refractivity (Wildman–Crippen MR) is 79.1 cm³/mol. The van der Waals surface area contributed by atoms with E-state index in [1.165, 1.54) is 11.3 Å². The van der Waals surface area contributed by atoms with Crippen molar-refractivity contribution in [1.29, 1.82) is 0 Å². The lowest BCUT2D eigenvalue weighted by molar-refractivity contribution is -0.127. The molecule has 0 saturated heterocycles. The molecule has 0 fully saturated rings. The highest BCUT2D eigenvalue weighted by Gasteiger charge is 2.37. The molecule has 0 aromatic carbocycles. The van der Waals surface area contributed by atoms with Gasteiger partial charge >= 0.3 is 0 Å². The molecule has 0 spiro atoms. The average Bonchev–Trinajstić information content (AvgIpc) is 2.64. The molecule has 1 amide bonds. The molecule has 1 N–H and O–H groups in total. The van der Waals surface area contributed by atoms with Crippen molar-refractivity contribution in [2.24, 2.45) is 5.92 Å². The van der Waals surface area contributed by atoms with Crippen molar-refractivity contribution in [3.8, 4) is 0 Å². The lowest BCUT2D eigenvalue weighted by Gasteiger charge is -2.12. The summed E-state index contributed by atoms with van der Waals surface area (Å²) in [5.41, 5.74) is 0.361. The molecule has 0 aromatic rings. The summed E-state index contributed by atoms with van der Waals surface area (Å²) in [6.07, 6.45) is 6.81. The van der Waals surface area contributed by atoms with Gasteiger partial charge in [-0.15, -0.1) is 0 Å². The van der Waals surface area contributed by atoms with Gasteiger partial charge in [0.05, 0.1) is 5.70 Å². The molecular formula is C16H25NO3. The maximum atomic E-state index is 12.3. The van der Waals surface area contributed by atoms with Crippen molar-refractivity contribution in [2.45, 2.75) is 52.9 Å². The molecule has 0 aliphatic carbocycles. The van der Waals surface area contributed by atoms with Crippen molar-refractivity contribution < 1.29 is 14.7 Å². The Morgan fingerprint density at radius 2 is 2.00 bits per heavy atom. The summed E-state index contributed by atoms with van der Waals surface area (Å²) in [5.74, 6) is -1.04. The van der Waals surface area contributed by atoms with Crippen LogP contribution in [0.1, 0.15) is 52.9 Å². The number of allylic oxidation sites excluding steroid dienone is 1. The van der Waals surface area contributed by atoms with E-state index < -0.39 is 5.91 Å². The van der Waals surface area contributed by atoms with Crippen molar-refractivity contribution in [2.75, 3.05) is 7.05 Å². The Bertz CT molecular complexity index is 449. The second-order valence-corrected chi connectivity index (χ2v) is 5.38. The van der Waals surface area contributed by atoms with Crippen LogP contribution in [0.5, 0.6) is 0 Å². The molecule has 1 aliphatic rings. The first kappa shape index (κ1) is 16.5. The molecule has 4 heteroatoms. The zero-order valence-corrected chi connectivity index (χ0v) is 12.9. The molecule has 4 nitrogen and oxygen atoms in total. The normalized spacial score (nSPS) is 19.1. The Kier molecular flexibility index (Phi) is 5.99. The number of aliphatic hydroxyl groups excluding tert-OH is 1. The summed E-state index contributed by atoms with van der Waals surface area (Å²) in [7, 11) is 1.57. The minimum Gasteiger partial charge on any atom is -0.505 e. The second-order valence-electron chi connectivity index (χ2n) is 5.38. The summed E-state index contributed by atoms with van der Waals surface area (Å²) in [6.45, 7) is 5.70. The summed E-state index contributed by atoms with van der Waals surface area (Å²) in [6, 6.07) is 0. The number of aliphatic hydroxyl groups is 1. The number of unbranched alkanes of at least 4 members (excludes halogenated alkanes) is 3. The maximum Gasteiger partial charge on any atom is 0.265 e. The molecule has 1 heterocycles. The number of hydrogen-bond acceptors (Lipinski definition) is 3. The first-order chi connectivity index (χ1) is 9.45. The first-order valence-electron chi connectivity index (χ1n) is 7.37.